The molecule has 66 valence electrons. The van der Waals surface area contributed by atoms with Crippen LogP contribution in [0.3, 0.4) is 0 Å². The van der Waals surface area contributed by atoms with E-state index in [2.05, 4.69) is 4.98 Å². The monoisotopic (exact) mass is 193 g/mol. The van der Waals surface area contributed by atoms with Gasteiger partial charge in [-0.3, -0.25) is 0 Å². The number of nitrogens with zero attached hydrogens (tertiary/aromatic N) is 1. The van der Waals surface area contributed by atoms with E-state index in [-0.39, 0.29) is 16.7 Å². The van der Waals surface area contributed by atoms with E-state index in [9.17, 15) is 8.78 Å². The summed E-state index contributed by atoms with van der Waals surface area (Å²) in [6.45, 7) is 0. The van der Waals surface area contributed by atoms with Crippen molar-refractivity contribution < 1.29 is 8.78 Å². The van der Waals surface area contributed by atoms with Gasteiger partial charge in [-0.15, -0.1) is 0 Å². The molecule has 6 heteroatoms. The average molecular weight is 194 g/mol. The summed E-state index contributed by atoms with van der Waals surface area (Å²) >= 11 is 5.38. The van der Waals surface area contributed by atoms with Crippen LogP contribution in [-0.2, 0) is 0 Å². The van der Waals surface area contributed by atoms with Gasteiger partial charge in [0.1, 0.15) is 11.0 Å². The molecule has 0 aliphatic heterocycles. The van der Waals surface area contributed by atoms with Gasteiger partial charge >= 0.3 is 0 Å². The van der Waals surface area contributed by atoms with Crippen molar-refractivity contribution >= 4 is 23.1 Å². The van der Waals surface area contributed by atoms with Crippen LogP contribution in [0.15, 0.2) is 6.07 Å². The first-order valence-electron chi connectivity index (χ1n) is 3.02. The van der Waals surface area contributed by atoms with Crippen LogP contribution in [0, 0.1) is 0 Å². The highest BCUT2D eigenvalue weighted by atomic mass is 35.5. The SMILES string of the molecule is Nc1cc(N)c(C(F)F)c(Cl)n1. The molecule has 12 heavy (non-hydrogen) atoms. The maximum Gasteiger partial charge on any atom is 0.268 e. The Morgan fingerprint density at radius 1 is 1.42 bits per heavy atom. The highest BCUT2D eigenvalue weighted by Crippen LogP contribution is 2.31. The fourth-order valence-electron chi connectivity index (χ4n) is 0.778. The molecule has 0 saturated carbocycles. The lowest BCUT2D eigenvalue weighted by molar-refractivity contribution is 0.152. The van der Waals surface area contributed by atoms with Crippen LogP contribution in [0.2, 0.25) is 5.15 Å². The third-order valence-electron chi connectivity index (χ3n) is 1.28. The van der Waals surface area contributed by atoms with E-state index in [4.69, 9.17) is 23.1 Å². The second-order valence-electron chi connectivity index (χ2n) is 2.14. The molecule has 0 bridgehead atoms. The van der Waals surface area contributed by atoms with E-state index in [0.29, 0.717) is 0 Å². The van der Waals surface area contributed by atoms with Crippen LogP contribution >= 0.6 is 11.6 Å². The Morgan fingerprint density at radius 2 is 2.00 bits per heavy atom. The summed E-state index contributed by atoms with van der Waals surface area (Å²) in [5.74, 6) is 0.0295. The van der Waals surface area contributed by atoms with Gasteiger partial charge in [0.05, 0.1) is 5.56 Å². The van der Waals surface area contributed by atoms with Crippen molar-refractivity contribution in [2.24, 2.45) is 0 Å². The van der Waals surface area contributed by atoms with Crippen molar-refractivity contribution in [1.82, 2.24) is 4.98 Å². The summed E-state index contributed by atoms with van der Waals surface area (Å²) in [6, 6.07) is 1.15. The van der Waals surface area contributed by atoms with Crippen molar-refractivity contribution in [1.29, 1.82) is 0 Å². The average Bonchev–Trinajstić information content (AvgIpc) is 1.82. The third-order valence-corrected chi connectivity index (χ3v) is 1.57. The van der Waals surface area contributed by atoms with Crippen LogP contribution in [0.1, 0.15) is 12.0 Å². The molecule has 3 nitrogen and oxygen atoms in total. The molecule has 4 N–H and O–H groups in total. The lowest BCUT2D eigenvalue weighted by Crippen LogP contribution is -2.01. The number of rotatable bonds is 1. The topological polar surface area (TPSA) is 64.9 Å². The van der Waals surface area contributed by atoms with Crippen LogP contribution in [0.5, 0.6) is 0 Å². The number of aromatic nitrogens is 1. The minimum Gasteiger partial charge on any atom is -0.398 e. The summed E-state index contributed by atoms with van der Waals surface area (Å²) < 4.78 is 24.4. The van der Waals surface area contributed by atoms with E-state index >= 15 is 0 Å². The Balaban J connectivity index is 3.28. The molecule has 0 amide bonds. The number of nitrogens with two attached hydrogens (primary N) is 2. The Morgan fingerprint density at radius 3 is 2.42 bits per heavy atom. The molecular weight excluding hydrogens is 188 g/mol. The summed E-state index contributed by atoms with van der Waals surface area (Å²) in [5.41, 5.74) is 9.84. The molecule has 0 unspecified atom stereocenters. The molecule has 1 aromatic heterocycles. The molecule has 0 saturated heterocycles. The predicted octanol–water partition coefficient (Wildman–Crippen LogP) is 1.84. The van der Waals surface area contributed by atoms with Crippen LogP contribution in [0.25, 0.3) is 0 Å². The van der Waals surface area contributed by atoms with Gasteiger partial charge in [0, 0.05) is 11.8 Å². The first kappa shape index (κ1) is 8.99. The van der Waals surface area contributed by atoms with Gasteiger partial charge in [-0.25, -0.2) is 13.8 Å². The molecule has 0 aliphatic carbocycles. The van der Waals surface area contributed by atoms with E-state index in [1.165, 1.54) is 0 Å². The van der Waals surface area contributed by atoms with Crippen LogP contribution < -0.4 is 11.5 Å². The van der Waals surface area contributed by atoms with Crippen LogP contribution in [-0.4, -0.2) is 4.98 Å². The summed E-state index contributed by atoms with van der Waals surface area (Å²) in [6.07, 6.45) is -2.73. The van der Waals surface area contributed by atoms with Crippen molar-refractivity contribution in [2.45, 2.75) is 6.43 Å². The highest BCUT2D eigenvalue weighted by molar-refractivity contribution is 6.30. The lowest BCUT2D eigenvalue weighted by Gasteiger charge is -2.06. The summed E-state index contributed by atoms with van der Waals surface area (Å²) in [5, 5.41) is -0.345. The summed E-state index contributed by atoms with van der Waals surface area (Å²) in [4.78, 5) is 3.44. The van der Waals surface area contributed by atoms with Crippen molar-refractivity contribution in [3.05, 3.63) is 16.8 Å². The molecule has 0 aliphatic rings. The molecular formula is C6H6ClF2N3. The normalized spacial score (nSPS) is 10.7. The zero-order valence-corrected chi connectivity index (χ0v) is 6.65. The van der Waals surface area contributed by atoms with E-state index < -0.39 is 12.0 Å². The molecule has 1 aromatic rings. The highest BCUT2D eigenvalue weighted by Gasteiger charge is 2.17. The van der Waals surface area contributed by atoms with Gasteiger partial charge in [0.25, 0.3) is 6.43 Å². The summed E-state index contributed by atoms with van der Waals surface area (Å²) in [7, 11) is 0. The minimum absolute atomic E-state index is 0.0295. The number of anilines is 2. The van der Waals surface area contributed by atoms with Gasteiger partial charge < -0.3 is 11.5 Å². The number of pyridine rings is 1. The van der Waals surface area contributed by atoms with Gasteiger partial charge in [0.2, 0.25) is 0 Å². The first-order chi connectivity index (χ1) is 5.52. The third kappa shape index (κ3) is 1.55. The zero-order valence-electron chi connectivity index (χ0n) is 5.89. The fourth-order valence-corrected chi connectivity index (χ4v) is 1.07. The van der Waals surface area contributed by atoms with E-state index in [1.807, 2.05) is 0 Å². The number of hydrogen-bond donors (Lipinski definition) is 2. The molecule has 0 fully saturated rings. The van der Waals surface area contributed by atoms with E-state index in [0.717, 1.165) is 6.07 Å². The Bertz CT molecular complexity index is 280. The van der Waals surface area contributed by atoms with Gasteiger partial charge in [0.15, 0.2) is 0 Å². The van der Waals surface area contributed by atoms with Gasteiger partial charge in [-0.1, -0.05) is 11.6 Å². The number of halogens is 3. The molecule has 0 radical (unpaired) electrons. The Kier molecular flexibility index (Phi) is 2.32. The van der Waals surface area contributed by atoms with Gasteiger partial charge in [-0.05, 0) is 0 Å². The fraction of sp³-hybridized carbons (Fsp3) is 0.167. The second kappa shape index (κ2) is 3.10. The van der Waals surface area contributed by atoms with E-state index in [1.54, 1.807) is 0 Å². The number of nitrogen functional groups attached to an aromatic ring is 2. The largest absolute Gasteiger partial charge is 0.398 e. The Hall–Kier alpha value is -1.10. The molecule has 1 heterocycles. The maximum absolute atomic E-state index is 12.2. The van der Waals surface area contributed by atoms with Crippen molar-refractivity contribution in [3.8, 4) is 0 Å². The molecule has 0 spiro atoms. The smallest absolute Gasteiger partial charge is 0.268 e. The number of hydrogen-bond acceptors (Lipinski definition) is 3. The molecule has 0 aromatic carbocycles. The van der Waals surface area contributed by atoms with Crippen molar-refractivity contribution in [3.63, 3.8) is 0 Å². The molecule has 0 atom stereocenters. The first-order valence-corrected chi connectivity index (χ1v) is 3.39. The number of alkyl halides is 2. The second-order valence-corrected chi connectivity index (χ2v) is 2.50. The van der Waals surface area contributed by atoms with Crippen LogP contribution in [0.4, 0.5) is 20.3 Å². The zero-order chi connectivity index (χ0) is 9.30. The van der Waals surface area contributed by atoms with Gasteiger partial charge in [-0.2, -0.15) is 0 Å². The van der Waals surface area contributed by atoms with Crippen molar-refractivity contribution in [2.75, 3.05) is 11.5 Å². The maximum atomic E-state index is 12.2. The predicted molar refractivity (Wildman–Crippen MR) is 43.0 cm³/mol. The quantitative estimate of drug-likeness (QED) is 0.669. The lowest BCUT2D eigenvalue weighted by atomic mass is 10.2. The standard InChI is InChI=1S/C6H6ClF2N3/c7-5-4(6(8)9)2(10)1-3(11)12-5/h1,6H,(H4,10,11,12). The Labute approximate surface area is 72.3 Å². The minimum atomic E-state index is -2.73. The molecule has 1 rings (SSSR count).